The average molecular weight is 495 g/mol. The van der Waals surface area contributed by atoms with Crippen LogP contribution in [0.1, 0.15) is 78.6 Å². The van der Waals surface area contributed by atoms with Gasteiger partial charge in [-0.2, -0.15) is 0 Å². The molecule has 1 N–H and O–H groups in total. The lowest BCUT2D eigenvalue weighted by Gasteiger charge is -2.61. The molecule has 36 heavy (non-hydrogen) atoms. The van der Waals surface area contributed by atoms with Gasteiger partial charge in [-0.15, -0.1) is 5.10 Å². The molecule has 0 radical (unpaired) electrons. The summed E-state index contributed by atoms with van der Waals surface area (Å²) in [6.07, 6.45) is 13.3. The number of aromatic nitrogens is 4. The molecule has 196 valence electrons. The van der Waals surface area contributed by atoms with Crippen LogP contribution in [0.5, 0.6) is 0 Å². The summed E-state index contributed by atoms with van der Waals surface area (Å²) in [4.78, 5) is 17.8. The standard InChI is InChI=1S/C29H42N4O3/c1-4-36-18-29(35)13-9-21-19-8-12-28(3)22(20(19)7-11-27(21,2)17-29)5-6-23(28)26(34)16-33-25-10-14-30-15-24(25)31-32-33/h10,14-15,19-23,35H,4-9,11-13,16-18H2,1-3H3/t19-,20+,21+,22-,23+,27-,28-,29+/m0/s1. The van der Waals surface area contributed by atoms with Crippen molar-refractivity contribution in [1.29, 1.82) is 0 Å². The minimum atomic E-state index is -0.663. The molecule has 2 heterocycles. The highest BCUT2D eigenvalue weighted by Crippen LogP contribution is 2.67. The van der Waals surface area contributed by atoms with Crippen LogP contribution in [0.4, 0.5) is 0 Å². The molecule has 0 aromatic carbocycles. The smallest absolute Gasteiger partial charge is 0.157 e. The molecule has 0 saturated heterocycles. The van der Waals surface area contributed by atoms with Gasteiger partial charge in [-0.1, -0.05) is 19.1 Å². The summed E-state index contributed by atoms with van der Waals surface area (Å²) in [6, 6.07) is 1.89. The normalized spacial score (nSPS) is 42.1. The summed E-state index contributed by atoms with van der Waals surface area (Å²) in [6.45, 7) is 8.31. The molecule has 7 nitrogen and oxygen atoms in total. The predicted molar refractivity (Wildman–Crippen MR) is 137 cm³/mol. The van der Waals surface area contributed by atoms with E-state index in [0.29, 0.717) is 37.4 Å². The summed E-state index contributed by atoms with van der Waals surface area (Å²) in [7, 11) is 0. The second-order valence-electron chi connectivity index (χ2n) is 13.1. The van der Waals surface area contributed by atoms with Crippen LogP contribution < -0.4 is 0 Å². The van der Waals surface area contributed by atoms with Crippen molar-refractivity contribution in [3.05, 3.63) is 18.5 Å². The molecule has 2 aromatic heterocycles. The van der Waals surface area contributed by atoms with Crippen molar-refractivity contribution in [2.45, 2.75) is 90.7 Å². The lowest BCUT2D eigenvalue weighted by Crippen LogP contribution is -2.56. The quantitative estimate of drug-likeness (QED) is 0.619. The third kappa shape index (κ3) is 3.84. The zero-order valence-electron chi connectivity index (χ0n) is 22.2. The molecule has 8 atom stereocenters. The van der Waals surface area contributed by atoms with E-state index >= 15 is 0 Å². The number of aliphatic hydroxyl groups is 1. The maximum absolute atomic E-state index is 13.7. The number of ketones is 1. The Hall–Kier alpha value is -1.86. The van der Waals surface area contributed by atoms with Gasteiger partial charge in [-0.25, -0.2) is 4.68 Å². The Bertz CT molecular complexity index is 1130. The van der Waals surface area contributed by atoms with Gasteiger partial charge in [0, 0.05) is 18.7 Å². The van der Waals surface area contributed by atoms with Crippen LogP contribution in [0.15, 0.2) is 18.5 Å². The van der Waals surface area contributed by atoms with E-state index in [1.165, 1.54) is 25.7 Å². The number of carbonyl (C=O) groups is 1. The molecule has 0 unspecified atom stereocenters. The molecular weight excluding hydrogens is 452 g/mol. The van der Waals surface area contributed by atoms with Gasteiger partial charge in [0.05, 0.1) is 23.9 Å². The first-order chi connectivity index (χ1) is 17.3. The molecule has 0 aliphatic heterocycles. The third-order valence-electron chi connectivity index (χ3n) is 11.2. The number of nitrogens with zero attached hydrogens (tertiary/aromatic N) is 4. The van der Waals surface area contributed by atoms with Crippen LogP contribution in [0.2, 0.25) is 0 Å². The maximum Gasteiger partial charge on any atom is 0.157 e. The second kappa shape index (κ2) is 8.87. The Morgan fingerprint density at radius 2 is 1.92 bits per heavy atom. The van der Waals surface area contributed by atoms with E-state index in [2.05, 4.69) is 29.1 Å². The number of ether oxygens (including phenoxy) is 1. The highest BCUT2D eigenvalue weighted by Gasteiger charge is 2.61. The van der Waals surface area contributed by atoms with Gasteiger partial charge in [0.2, 0.25) is 0 Å². The van der Waals surface area contributed by atoms with Crippen LogP contribution in [0.3, 0.4) is 0 Å². The number of hydrogen-bond acceptors (Lipinski definition) is 6. The van der Waals surface area contributed by atoms with E-state index in [1.807, 2.05) is 13.0 Å². The summed E-state index contributed by atoms with van der Waals surface area (Å²) in [5.74, 6) is 3.21. The first-order valence-corrected chi connectivity index (χ1v) is 14.2. The van der Waals surface area contributed by atoms with Crippen molar-refractivity contribution < 1.29 is 14.6 Å². The Morgan fingerprint density at radius 3 is 2.75 bits per heavy atom. The van der Waals surface area contributed by atoms with Crippen LogP contribution in [0, 0.1) is 40.4 Å². The van der Waals surface area contributed by atoms with Gasteiger partial charge in [0.25, 0.3) is 0 Å². The second-order valence-corrected chi connectivity index (χ2v) is 13.1. The number of rotatable bonds is 6. The lowest BCUT2D eigenvalue weighted by molar-refractivity contribution is -0.162. The van der Waals surface area contributed by atoms with Gasteiger partial charge in [0.1, 0.15) is 12.1 Å². The number of Topliss-reactive ketones (excluding diaryl/α,β-unsaturated/α-hetero) is 1. The SMILES string of the molecule is CCOC[C@@]1(O)CC[C@@H]2[C@H]3CC[C@]4(C)[C@@H](C(=O)Cn5nnc6cnccc65)CC[C@H]4[C@@H]3CC[C@@]2(C)C1. The zero-order chi connectivity index (χ0) is 25.1. The zero-order valence-corrected chi connectivity index (χ0v) is 22.2. The van der Waals surface area contributed by atoms with Crippen molar-refractivity contribution in [2.75, 3.05) is 13.2 Å². The van der Waals surface area contributed by atoms with Crippen molar-refractivity contribution in [3.63, 3.8) is 0 Å². The number of pyridine rings is 1. The summed E-state index contributed by atoms with van der Waals surface area (Å²) in [5, 5.41) is 19.7. The maximum atomic E-state index is 13.7. The van der Waals surface area contributed by atoms with E-state index in [1.54, 1.807) is 17.1 Å². The predicted octanol–water partition coefficient (Wildman–Crippen LogP) is 4.82. The van der Waals surface area contributed by atoms with Crippen molar-refractivity contribution in [1.82, 2.24) is 20.0 Å². The van der Waals surface area contributed by atoms with Gasteiger partial charge >= 0.3 is 0 Å². The molecule has 7 heteroatoms. The Morgan fingerprint density at radius 1 is 1.11 bits per heavy atom. The minimum Gasteiger partial charge on any atom is -0.387 e. The van der Waals surface area contributed by atoms with E-state index in [9.17, 15) is 9.90 Å². The summed E-state index contributed by atoms with van der Waals surface area (Å²) < 4.78 is 7.44. The minimum absolute atomic E-state index is 0.0916. The first-order valence-electron chi connectivity index (χ1n) is 14.2. The highest BCUT2D eigenvalue weighted by molar-refractivity contribution is 5.84. The van der Waals surface area contributed by atoms with Crippen molar-refractivity contribution in [3.8, 4) is 0 Å². The number of hydrogen-bond donors (Lipinski definition) is 1. The molecule has 4 saturated carbocycles. The van der Waals surface area contributed by atoms with Gasteiger partial charge in [-0.05, 0) is 105 Å². The Labute approximate surface area is 214 Å². The Kier molecular flexibility index (Phi) is 6.03. The molecule has 0 spiro atoms. The Balaban J connectivity index is 1.17. The molecule has 4 aliphatic rings. The number of fused-ring (bicyclic) bond motifs is 6. The van der Waals surface area contributed by atoms with Crippen LogP contribution in [-0.4, -0.2) is 49.7 Å². The van der Waals surface area contributed by atoms with Crippen molar-refractivity contribution >= 4 is 16.8 Å². The largest absolute Gasteiger partial charge is 0.387 e. The van der Waals surface area contributed by atoms with E-state index in [0.717, 1.165) is 55.0 Å². The van der Waals surface area contributed by atoms with E-state index in [-0.39, 0.29) is 16.7 Å². The van der Waals surface area contributed by atoms with Crippen LogP contribution in [0.25, 0.3) is 11.0 Å². The van der Waals surface area contributed by atoms with Gasteiger partial charge in [0.15, 0.2) is 5.78 Å². The number of carbonyl (C=O) groups excluding carboxylic acids is 1. The molecule has 0 amide bonds. The fraction of sp³-hybridized carbons (Fsp3) is 0.793. The van der Waals surface area contributed by atoms with Crippen LogP contribution >= 0.6 is 0 Å². The lowest BCUT2D eigenvalue weighted by atomic mass is 9.45. The molecule has 4 fully saturated rings. The van der Waals surface area contributed by atoms with Gasteiger partial charge < -0.3 is 9.84 Å². The summed E-state index contributed by atoms with van der Waals surface area (Å²) >= 11 is 0. The first kappa shape index (κ1) is 24.5. The van der Waals surface area contributed by atoms with E-state index < -0.39 is 5.60 Å². The third-order valence-corrected chi connectivity index (χ3v) is 11.2. The average Bonchev–Trinajstić information content (AvgIpc) is 3.43. The fourth-order valence-electron chi connectivity index (χ4n) is 9.62. The molecule has 0 bridgehead atoms. The molecule has 6 rings (SSSR count). The van der Waals surface area contributed by atoms with Crippen LogP contribution in [-0.2, 0) is 16.1 Å². The highest BCUT2D eigenvalue weighted by atomic mass is 16.5. The summed E-state index contributed by atoms with van der Waals surface area (Å²) in [5.41, 5.74) is 1.26. The van der Waals surface area contributed by atoms with E-state index in [4.69, 9.17) is 4.74 Å². The van der Waals surface area contributed by atoms with Crippen molar-refractivity contribution in [2.24, 2.45) is 40.4 Å². The monoisotopic (exact) mass is 494 g/mol. The van der Waals surface area contributed by atoms with Gasteiger partial charge in [-0.3, -0.25) is 9.78 Å². The fourth-order valence-corrected chi connectivity index (χ4v) is 9.62. The molecule has 4 aliphatic carbocycles. The molecular formula is C29H42N4O3. The molecule has 2 aromatic rings. The topological polar surface area (TPSA) is 90.1 Å².